The van der Waals surface area contributed by atoms with Crippen molar-refractivity contribution < 1.29 is 9.47 Å². The molecule has 0 unspecified atom stereocenters. The van der Waals surface area contributed by atoms with Gasteiger partial charge >= 0.3 is 12.0 Å². The number of pyridine rings is 2. The lowest BCUT2D eigenvalue weighted by molar-refractivity contribution is 0.287. The molecule has 0 aliphatic carbocycles. The highest BCUT2D eigenvalue weighted by molar-refractivity contribution is 5.96. The number of anilines is 1. The van der Waals surface area contributed by atoms with Gasteiger partial charge in [-0.05, 0) is 54.6 Å². The van der Waals surface area contributed by atoms with Crippen molar-refractivity contribution >= 4 is 27.6 Å². The van der Waals surface area contributed by atoms with Gasteiger partial charge in [0.1, 0.15) is 5.52 Å². The van der Waals surface area contributed by atoms with Crippen LogP contribution in [-0.2, 0) is 0 Å². The first kappa shape index (κ1) is 27.8. The van der Waals surface area contributed by atoms with Crippen LogP contribution < -0.4 is 20.3 Å². The van der Waals surface area contributed by atoms with E-state index in [0.717, 1.165) is 40.7 Å². The van der Waals surface area contributed by atoms with Crippen LogP contribution in [0.5, 0.6) is 12.0 Å². The number of nitrogens with zero attached hydrogens (tertiary/aromatic N) is 6. The molecule has 1 atom stereocenters. The number of methoxy groups -OCH3 is 1. The van der Waals surface area contributed by atoms with Gasteiger partial charge in [0.2, 0.25) is 0 Å². The van der Waals surface area contributed by atoms with Crippen LogP contribution in [0.25, 0.3) is 38.6 Å². The maximum absolute atomic E-state index is 14.4. The second-order valence-electron chi connectivity index (χ2n) is 10.1. The summed E-state index contributed by atoms with van der Waals surface area (Å²) in [7, 11) is 1.52. The number of nitrogens with one attached hydrogen (secondary N) is 1. The third-order valence-corrected chi connectivity index (χ3v) is 7.17. The average molecular weight is 574 g/mol. The van der Waals surface area contributed by atoms with Crippen molar-refractivity contribution in [1.29, 1.82) is 0 Å². The van der Waals surface area contributed by atoms with Gasteiger partial charge in [0.25, 0.3) is 5.56 Å². The molecule has 1 N–H and O–H groups in total. The van der Waals surface area contributed by atoms with Crippen molar-refractivity contribution in [1.82, 2.24) is 29.5 Å². The molecule has 43 heavy (non-hydrogen) atoms. The molecule has 216 valence electrons. The number of para-hydroxylation sites is 1. The van der Waals surface area contributed by atoms with Crippen molar-refractivity contribution in [3.63, 3.8) is 0 Å². The SMILES string of the molecule is CCCCOc1nc(N[C@@H](C)c2cc3cccc(-c4cnc(OC)nc4)c3c(=O)n2-c2ccccc2)c2ncccc2n1. The Morgan fingerprint density at radius 2 is 1.74 bits per heavy atom. The molecule has 0 saturated carbocycles. The quantitative estimate of drug-likeness (QED) is 0.193. The molecule has 0 spiro atoms. The van der Waals surface area contributed by atoms with Gasteiger partial charge in [-0.3, -0.25) is 14.3 Å². The van der Waals surface area contributed by atoms with E-state index in [2.05, 4.69) is 37.2 Å². The van der Waals surface area contributed by atoms with Crippen LogP contribution in [0.3, 0.4) is 0 Å². The molecule has 10 nitrogen and oxygen atoms in total. The van der Waals surface area contributed by atoms with E-state index >= 15 is 0 Å². The lowest BCUT2D eigenvalue weighted by atomic mass is 9.99. The first-order valence-corrected chi connectivity index (χ1v) is 14.2. The first-order valence-electron chi connectivity index (χ1n) is 14.2. The topological polar surface area (TPSA) is 117 Å². The van der Waals surface area contributed by atoms with Crippen molar-refractivity contribution in [2.75, 3.05) is 19.0 Å². The molecular formula is C33H31N7O3. The summed E-state index contributed by atoms with van der Waals surface area (Å²) in [4.78, 5) is 36.7. The summed E-state index contributed by atoms with van der Waals surface area (Å²) in [5, 5.41) is 4.87. The zero-order chi connectivity index (χ0) is 29.8. The zero-order valence-electron chi connectivity index (χ0n) is 24.2. The molecule has 0 amide bonds. The predicted octanol–water partition coefficient (Wildman–Crippen LogP) is 6.15. The summed E-state index contributed by atoms with van der Waals surface area (Å²) in [5.41, 5.74) is 4.08. The Hall–Kier alpha value is -5.38. The van der Waals surface area contributed by atoms with Crippen molar-refractivity contribution in [3.05, 3.63) is 101 Å². The highest BCUT2D eigenvalue weighted by atomic mass is 16.5. The molecule has 2 aromatic carbocycles. The smallest absolute Gasteiger partial charge is 0.319 e. The maximum Gasteiger partial charge on any atom is 0.319 e. The van der Waals surface area contributed by atoms with Crippen molar-refractivity contribution in [2.45, 2.75) is 32.7 Å². The van der Waals surface area contributed by atoms with Crippen molar-refractivity contribution in [3.8, 4) is 28.8 Å². The van der Waals surface area contributed by atoms with Crippen LogP contribution in [0.4, 0.5) is 5.82 Å². The standard InChI is InChI=1S/C33H31N7O3/c1-4-5-17-43-33-38-26-15-10-16-34-29(26)30(39-33)37-21(2)27-18-22-11-9-14-25(23-19-35-32(42-3)36-20-23)28(22)31(41)40(27)24-12-7-6-8-13-24/h6-16,18-21H,4-5,17H2,1-3H3,(H,37,38,39)/t21-/m0/s1. The number of aromatic nitrogens is 6. The lowest BCUT2D eigenvalue weighted by Crippen LogP contribution is -2.26. The number of rotatable bonds is 10. The minimum atomic E-state index is -0.353. The normalized spacial score (nSPS) is 11.9. The number of benzene rings is 2. The fraction of sp³-hybridized carbons (Fsp3) is 0.212. The highest BCUT2D eigenvalue weighted by Crippen LogP contribution is 2.31. The van der Waals surface area contributed by atoms with Gasteiger partial charge in [-0.25, -0.2) is 9.97 Å². The Bertz CT molecular complexity index is 1940. The highest BCUT2D eigenvalue weighted by Gasteiger charge is 2.21. The van der Waals surface area contributed by atoms with Crippen LogP contribution >= 0.6 is 0 Å². The van der Waals surface area contributed by atoms with Gasteiger partial charge in [0.05, 0.1) is 30.7 Å². The summed E-state index contributed by atoms with van der Waals surface area (Å²) in [5.74, 6) is 0.529. The van der Waals surface area contributed by atoms with Gasteiger partial charge in [-0.15, -0.1) is 0 Å². The molecule has 0 radical (unpaired) electrons. The zero-order valence-corrected chi connectivity index (χ0v) is 24.2. The average Bonchev–Trinajstić information content (AvgIpc) is 3.05. The third-order valence-electron chi connectivity index (χ3n) is 7.17. The van der Waals surface area contributed by atoms with E-state index in [4.69, 9.17) is 9.47 Å². The fourth-order valence-electron chi connectivity index (χ4n) is 5.04. The molecule has 4 heterocycles. The van der Waals surface area contributed by atoms with E-state index in [1.807, 2.05) is 73.7 Å². The van der Waals surface area contributed by atoms with Gasteiger partial charge in [0, 0.05) is 35.5 Å². The van der Waals surface area contributed by atoms with E-state index in [9.17, 15) is 4.79 Å². The fourth-order valence-corrected chi connectivity index (χ4v) is 5.04. The molecule has 0 saturated heterocycles. The molecule has 0 bridgehead atoms. The number of fused-ring (bicyclic) bond motifs is 2. The Labute approximate surface area is 248 Å². The van der Waals surface area contributed by atoms with Crippen LogP contribution in [0.2, 0.25) is 0 Å². The summed E-state index contributed by atoms with van der Waals surface area (Å²) in [6.45, 7) is 4.62. The first-order chi connectivity index (χ1) is 21.1. The largest absolute Gasteiger partial charge is 0.467 e. The van der Waals surface area contributed by atoms with Crippen molar-refractivity contribution in [2.24, 2.45) is 0 Å². The molecule has 10 heteroatoms. The van der Waals surface area contributed by atoms with Crippen LogP contribution in [0.15, 0.2) is 90.1 Å². The lowest BCUT2D eigenvalue weighted by Gasteiger charge is -2.22. The minimum absolute atomic E-state index is 0.159. The molecule has 0 fully saturated rings. The Morgan fingerprint density at radius 3 is 2.51 bits per heavy atom. The molecule has 4 aromatic heterocycles. The minimum Gasteiger partial charge on any atom is -0.467 e. The molecular weight excluding hydrogens is 542 g/mol. The second-order valence-corrected chi connectivity index (χ2v) is 10.1. The number of hydrogen-bond acceptors (Lipinski definition) is 9. The summed E-state index contributed by atoms with van der Waals surface area (Å²) in [6.07, 6.45) is 6.94. The Morgan fingerprint density at radius 1 is 0.930 bits per heavy atom. The molecule has 0 aliphatic rings. The van der Waals surface area contributed by atoms with E-state index in [1.165, 1.54) is 7.11 Å². The van der Waals surface area contributed by atoms with Crippen LogP contribution in [0, 0.1) is 0 Å². The van der Waals surface area contributed by atoms with Gasteiger partial charge in [0.15, 0.2) is 5.82 Å². The summed E-state index contributed by atoms with van der Waals surface area (Å²) < 4.78 is 12.7. The number of unbranched alkanes of at least 4 members (excludes halogenated alkanes) is 1. The van der Waals surface area contributed by atoms with Gasteiger partial charge in [-0.2, -0.15) is 9.97 Å². The van der Waals surface area contributed by atoms with E-state index < -0.39 is 0 Å². The number of hydrogen-bond donors (Lipinski definition) is 1. The van der Waals surface area contributed by atoms with Crippen LogP contribution in [0.1, 0.15) is 38.4 Å². The van der Waals surface area contributed by atoms with E-state index in [1.54, 1.807) is 23.2 Å². The van der Waals surface area contributed by atoms with Crippen LogP contribution in [-0.4, -0.2) is 43.2 Å². The number of ether oxygens (including phenoxy) is 2. The predicted molar refractivity (Wildman–Crippen MR) is 167 cm³/mol. The second kappa shape index (κ2) is 12.2. The third kappa shape index (κ3) is 5.59. The van der Waals surface area contributed by atoms with E-state index in [-0.39, 0.29) is 23.6 Å². The molecule has 0 aliphatic heterocycles. The summed E-state index contributed by atoms with van der Waals surface area (Å²) in [6, 6.07) is 21.3. The monoisotopic (exact) mass is 573 g/mol. The maximum atomic E-state index is 14.4. The van der Waals surface area contributed by atoms with Gasteiger partial charge in [-0.1, -0.05) is 49.7 Å². The van der Waals surface area contributed by atoms with E-state index in [0.29, 0.717) is 28.8 Å². The molecule has 6 rings (SSSR count). The van der Waals surface area contributed by atoms with Gasteiger partial charge < -0.3 is 14.8 Å². The molecule has 6 aromatic rings. The Kier molecular flexibility index (Phi) is 7.90. The summed E-state index contributed by atoms with van der Waals surface area (Å²) >= 11 is 0. The Balaban J connectivity index is 1.49.